The van der Waals surface area contributed by atoms with Crippen LogP contribution in [-0.2, 0) is 9.53 Å². The molecule has 0 atom stereocenters. The Morgan fingerprint density at radius 1 is 1.00 bits per heavy atom. The predicted octanol–water partition coefficient (Wildman–Crippen LogP) is 2.99. The zero-order valence-electron chi connectivity index (χ0n) is 14.7. The molecule has 0 N–H and O–H groups in total. The van der Waals surface area contributed by atoms with E-state index in [1.165, 1.54) is 11.8 Å². The van der Waals surface area contributed by atoms with Crippen molar-refractivity contribution >= 4 is 45.3 Å². The Balaban J connectivity index is 1.58. The lowest BCUT2D eigenvalue weighted by molar-refractivity contribution is -0.132. The first-order valence-corrected chi connectivity index (χ1v) is 9.94. The molecule has 0 unspecified atom stereocenters. The van der Waals surface area contributed by atoms with E-state index in [0.29, 0.717) is 32.1 Å². The fourth-order valence-electron chi connectivity index (χ4n) is 3.44. The lowest BCUT2D eigenvalue weighted by atomic mass is 10.2. The van der Waals surface area contributed by atoms with E-state index >= 15 is 0 Å². The van der Waals surface area contributed by atoms with Crippen molar-refractivity contribution in [2.75, 3.05) is 32.1 Å². The lowest BCUT2D eigenvalue weighted by Gasteiger charge is -2.26. The number of imidazole rings is 1. The van der Waals surface area contributed by atoms with Gasteiger partial charge in [0.15, 0.2) is 5.16 Å². The Labute approximate surface area is 160 Å². The summed E-state index contributed by atoms with van der Waals surface area (Å²) in [5, 5.41) is 1.80. The van der Waals surface area contributed by atoms with Crippen LogP contribution in [0.4, 0.5) is 0 Å². The lowest BCUT2D eigenvalue weighted by Crippen LogP contribution is -2.41. The highest BCUT2D eigenvalue weighted by Gasteiger charge is 2.19. The zero-order chi connectivity index (χ0) is 18.2. The van der Waals surface area contributed by atoms with Crippen LogP contribution < -0.4 is 0 Å². The number of benzene rings is 2. The molecule has 7 heteroatoms. The number of morpholine rings is 1. The molecule has 27 heavy (non-hydrogen) atoms. The number of amides is 1. The summed E-state index contributed by atoms with van der Waals surface area (Å²) in [6, 6.07) is 16.0. The summed E-state index contributed by atoms with van der Waals surface area (Å²) < 4.78 is 7.40. The minimum absolute atomic E-state index is 0.121. The molecule has 1 aliphatic heterocycles. The van der Waals surface area contributed by atoms with Crippen LogP contribution >= 0.6 is 11.8 Å². The number of ether oxygens (including phenoxy) is 1. The van der Waals surface area contributed by atoms with Crippen molar-refractivity contribution in [3.05, 3.63) is 48.5 Å². The van der Waals surface area contributed by atoms with E-state index in [4.69, 9.17) is 14.7 Å². The van der Waals surface area contributed by atoms with E-state index in [9.17, 15) is 4.79 Å². The van der Waals surface area contributed by atoms with Gasteiger partial charge < -0.3 is 9.64 Å². The van der Waals surface area contributed by atoms with Crippen molar-refractivity contribution in [1.82, 2.24) is 19.3 Å². The molecule has 0 bridgehead atoms. The summed E-state index contributed by atoms with van der Waals surface area (Å²) in [6.45, 7) is 2.55. The second-order valence-corrected chi connectivity index (χ2v) is 7.40. The van der Waals surface area contributed by atoms with E-state index in [2.05, 4.69) is 4.40 Å². The molecule has 3 heterocycles. The molecule has 5 rings (SSSR count). The zero-order valence-corrected chi connectivity index (χ0v) is 15.5. The fourth-order valence-corrected chi connectivity index (χ4v) is 4.35. The normalized spacial score (nSPS) is 15.0. The third kappa shape index (κ3) is 2.93. The highest BCUT2D eigenvalue weighted by molar-refractivity contribution is 7.99. The van der Waals surface area contributed by atoms with Crippen LogP contribution in [-0.4, -0.2) is 57.2 Å². The van der Waals surface area contributed by atoms with Crippen molar-refractivity contribution in [3.8, 4) is 0 Å². The van der Waals surface area contributed by atoms with Gasteiger partial charge in [-0.05, 0) is 24.3 Å². The summed E-state index contributed by atoms with van der Waals surface area (Å²) >= 11 is 1.47. The minimum Gasteiger partial charge on any atom is -0.378 e. The number of hydrogen-bond acceptors (Lipinski definition) is 5. The molecule has 1 amide bonds. The van der Waals surface area contributed by atoms with Crippen LogP contribution in [0.2, 0.25) is 0 Å². The Hall–Kier alpha value is -2.64. The summed E-state index contributed by atoms with van der Waals surface area (Å²) in [7, 11) is 0. The van der Waals surface area contributed by atoms with Crippen LogP contribution in [0.15, 0.2) is 53.7 Å². The van der Waals surface area contributed by atoms with Crippen LogP contribution in [0.1, 0.15) is 0 Å². The molecular weight excluding hydrogens is 360 g/mol. The van der Waals surface area contributed by atoms with Gasteiger partial charge in [-0.25, -0.2) is 9.97 Å². The van der Waals surface area contributed by atoms with Gasteiger partial charge in [0, 0.05) is 18.5 Å². The van der Waals surface area contributed by atoms with Crippen molar-refractivity contribution in [2.45, 2.75) is 5.16 Å². The SMILES string of the molecule is O=C(CSc1nc2ccccc2c2nc3ccccc3n12)N1CCOCC1. The molecule has 136 valence electrons. The number of para-hydroxylation sites is 3. The summed E-state index contributed by atoms with van der Waals surface area (Å²) in [4.78, 5) is 24.1. The summed E-state index contributed by atoms with van der Waals surface area (Å²) in [6.07, 6.45) is 0. The van der Waals surface area contributed by atoms with Gasteiger partial charge in [0.2, 0.25) is 5.91 Å². The largest absolute Gasteiger partial charge is 0.378 e. The molecule has 0 saturated carbocycles. The Morgan fingerprint density at radius 3 is 2.59 bits per heavy atom. The highest BCUT2D eigenvalue weighted by atomic mass is 32.2. The van der Waals surface area contributed by atoms with Gasteiger partial charge in [-0.2, -0.15) is 0 Å². The molecule has 0 radical (unpaired) electrons. The molecule has 2 aromatic carbocycles. The standard InChI is InChI=1S/C20H18N4O2S/c25-18(23-9-11-26-12-10-23)13-27-20-22-15-6-2-1-5-14(15)19-21-16-7-3-4-8-17(16)24(19)20/h1-8H,9-13H2. The Bertz CT molecular complexity index is 1150. The number of nitrogens with zero attached hydrogens (tertiary/aromatic N) is 4. The number of rotatable bonds is 3. The Morgan fingerprint density at radius 2 is 1.74 bits per heavy atom. The van der Waals surface area contributed by atoms with Crippen molar-refractivity contribution in [2.24, 2.45) is 0 Å². The molecule has 1 aliphatic rings. The van der Waals surface area contributed by atoms with E-state index < -0.39 is 0 Å². The fraction of sp³-hybridized carbons (Fsp3) is 0.250. The summed E-state index contributed by atoms with van der Waals surface area (Å²) in [5.74, 6) is 0.475. The number of hydrogen-bond donors (Lipinski definition) is 0. The van der Waals surface area contributed by atoms with E-state index in [-0.39, 0.29) is 5.91 Å². The maximum atomic E-state index is 12.6. The summed E-state index contributed by atoms with van der Waals surface area (Å²) in [5.41, 5.74) is 3.70. The smallest absolute Gasteiger partial charge is 0.233 e. The molecule has 1 saturated heterocycles. The first kappa shape index (κ1) is 16.5. The third-order valence-electron chi connectivity index (χ3n) is 4.80. The molecule has 6 nitrogen and oxygen atoms in total. The number of carbonyl (C=O) groups excluding carboxylic acids is 1. The van der Waals surface area contributed by atoms with Crippen LogP contribution in [0.5, 0.6) is 0 Å². The molecule has 1 fully saturated rings. The van der Waals surface area contributed by atoms with E-state index in [1.54, 1.807) is 0 Å². The third-order valence-corrected chi connectivity index (χ3v) is 5.73. The van der Waals surface area contributed by atoms with Crippen LogP contribution in [0, 0.1) is 0 Å². The van der Waals surface area contributed by atoms with E-state index in [1.807, 2.05) is 53.4 Å². The van der Waals surface area contributed by atoms with Crippen molar-refractivity contribution in [1.29, 1.82) is 0 Å². The maximum absolute atomic E-state index is 12.6. The van der Waals surface area contributed by atoms with Crippen LogP contribution in [0.3, 0.4) is 0 Å². The van der Waals surface area contributed by atoms with Gasteiger partial charge in [-0.3, -0.25) is 9.20 Å². The van der Waals surface area contributed by atoms with Gasteiger partial charge >= 0.3 is 0 Å². The monoisotopic (exact) mass is 378 g/mol. The van der Waals surface area contributed by atoms with Gasteiger partial charge in [0.25, 0.3) is 0 Å². The van der Waals surface area contributed by atoms with Gasteiger partial charge in [0.1, 0.15) is 5.65 Å². The number of fused-ring (bicyclic) bond motifs is 5. The second kappa shape index (κ2) is 6.83. The van der Waals surface area contributed by atoms with Gasteiger partial charge in [-0.1, -0.05) is 36.0 Å². The second-order valence-electron chi connectivity index (χ2n) is 6.45. The first-order chi connectivity index (χ1) is 13.3. The molecule has 2 aromatic heterocycles. The first-order valence-electron chi connectivity index (χ1n) is 8.95. The maximum Gasteiger partial charge on any atom is 0.233 e. The van der Waals surface area contributed by atoms with Gasteiger partial charge in [0.05, 0.1) is 35.5 Å². The average Bonchev–Trinajstić information content (AvgIpc) is 3.12. The van der Waals surface area contributed by atoms with Crippen molar-refractivity contribution < 1.29 is 9.53 Å². The van der Waals surface area contributed by atoms with Crippen molar-refractivity contribution in [3.63, 3.8) is 0 Å². The topological polar surface area (TPSA) is 59.7 Å². The molecule has 4 aromatic rings. The molecule has 0 spiro atoms. The number of thioether (sulfide) groups is 1. The molecular formula is C20H18N4O2S. The molecule has 0 aliphatic carbocycles. The minimum atomic E-state index is 0.121. The Kier molecular flexibility index (Phi) is 4.18. The van der Waals surface area contributed by atoms with Crippen LogP contribution in [0.25, 0.3) is 27.6 Å². The van der Waals surface area contributed by atoms with Gasteiger partial charge in [-0.15, -0.1) is 0 Å². The quantitative estimate of drug-likeness (QED) is 0.405. The predicted molar refractivity (Wildman–Crippen MR) is 106 cm³/mol. The highest BCUT2D eigenvalue weighted by Crippen LogP contribution is 2.29. The number of carbonyl (C=O) groups is 1. The average molecular weight is 378 g/mol. The van der Waals surface area contributed by atoms with E-state index in [0.717, 1.165) is 32.7 Å². The number of aromatic nitrogens is 3.